The number of rotatable bonds is 4. The Morgan fingerprint density at radius 2 is 2.04 bits per heavy atom. The van der Waals surface area contributed by atoms with Gasteiger partial charge in [-0.25, -0.2) is 4.79 Å². The molecule has 0 spiro atoms. The molecular weight excluding hydrogens is 336 g/mol. The summed E-state index contributed by atoms with van der Waals surface area (Å²) in [5.74, 6) is -0.0623. The smallest absolute Gasteiger partial charge is 0.343 e. The molecule has 0 bridgehead atoms. The Balaban J connectivity index is 1.79. The van der Waals surface area contributed by atoms with Crippen molar-refractivity contribution >= 4 is 29.5 Å². The van der Waals surface area contributed by atoms with Crippen LogP contribution in [0.25, 0.3) is 0 Å². The molecule has 0 aliphatic carbocycles. The number of carbonyl (C=O) groups is 1. The van der Waals surface area contributed by atoms with Gasteiger partial charge in [0.05, 0.1) is 17.4 Å². The molecule has 0 saturated heterocycles. The van der Waals surface area contributed by atoms with E-state index in [2.05, 4.69) is 9.98 Å². The van der Waals surface area contributed by atoms with Gasteiger partial charge in [0.25, 0.3) is 0 Å². The normalized spacial score (nSPS) is 10.8. The fourth-order valence-corrected chi connectivity index (χ4v) is 2.47. The van der Waals surface area contributed by atoms with E-state index in [1.165, 1.54) is 0 Å². The fraction of sp³-hybridized carbons (Fsp3) is 0.0500. The van der Waals surface area contributed by atoms with Gasteiger partial charge < -0.3 is 4.74 Å². The molecule has 5 heteroatoms. The zero-order valence-electron chi connectivity index (χ0n) is 13.5. The monoisotopic (exact) mass is 350 g/mol. The average Bonchev–Trinajstić information content (AvgIpc) is 2.60. The lowest BCUT2D eigenvalue weighted by molar-refractivity contribution is 0.0734. The van der Waals surface area contributed by atoms with Crippen molar-refractivity contribution in [3.05, 3.63) is 88.7 Å². The molecule has 124 valence electrons. The molecule has 0 unspecified atom stereocenters. The number of aliphatic imine (C=N–C) groups is 1. The van der Waals surface area contributed by atoms with Crippen molar-refractivity contribution in [2.24, 2.45) is 4.99 Å². The predicted octanol–water partition coefficient (Wildman–Crippen LogP) is 5.01. The topological polar surface area (TPSA) is 51.5 Å². The molecule has 25 heavy (non-hydrogen) atoms. The summed E-state index contributed by atoms with van der Waals surface area (Å²) in [6.45, 7) is 1.92. The Bertz CT molecular complexity index is 924. The molecule has 0 amide bonds. The third-order valence-corrected chi connectivity index (χ3v) is 3.58. The van der Waals surface area contributed by atoms with Crippen molar-refractivity contribution < 1.29 is 9.53 Å². The first-order valence-electron chi connectivity index (χ1n) is 7.64. The van der Waals surface area contributed by atoms with Crippen LogP contribution in [-0.4, -0.2) is 17.2 Å². The lowest BCUT2D eigenvalue weighted by Crippen LogP contribution is -2.08. The first kappa shape index (κ1) is 16.9. The van der Waals surface area contributed by atoms with E-state index in [9.17, 15) is 4.79 Å². The number of aryl methyl sites for hydroxylation is 1. The van der Waals surface area contributed by atoms with Crippen LogP contribution in [0.2, 0.25) is 5.02 Å². The maximum atomic E-state index is 12.3. The van der Waals surface area contributed by atoms with Gasteiger partial charge in [-0.3, -0.25) is 9.98 Å². The number of hydrogen-bond donors (Lipinski definition) is 0. The Morgan fingerprint density at radius 1 is 1.16 bits per heavy atom. The van der Waals surface area contributed by atoms with Crippen molar-refractivity contribution in [1.29, 1.82) is 0 Å². The molecule has 0 aliphatic rings. The molecule has 0 fully saturated rings. The second kappa shape index (κ2) is 7.73. The first-order chi connectivity index (χ1) is 12.1. The van der Waals surface area contributed by atoms with Crippen molar-refractivity contribution in [3.63, 3.8) is 0 Å². The van der Waals surface area contributed by atoms with E-state index < -0.39 is 5.97 Å². The van der Waals surface area contributed by atoms with Gasteiger partial charge in [0.2, 0.25) is 0 Å². The second-order valence-electron chi connectivity index (χ2n) is 5.45. The zero-order chi connectivity index (χ0) is 17.6. The summed E-state index contributed by atoms with van der Waals surface area (Å²) in [5, 5.41) is 0.460. The van der Waals surface area contributed by atoms with Crippen molar-refractivity contribution in [2.75, 3.05) is 0 Å². The van der Waals surface area contributed by atoms with Gasteiger partial charge in [-0.15, -0.1) is 0 Å². The van der Waals surface area contributed by atoms with E-state index >= 15 is 0 Å². The Morgan fingerprint density at radius 3 is 2.80 bits per heavy atom. The number of benzene rings is 2. The van der Waals surface area contributed by atoms with Crippen LogP contribution in [-0.2, 0) is 0 Å². The number of aromatic nitrogens is 1. The predicted molar refractivity (Wildman–Crippen MR) is 99.1 cm³/mol. The number of nitrogens with zero attached hydrogens (tertiary/aromatic N) is 2. The third-order valence-electron chi connectivity index (χ3n) is 3.37. The number of pyridine rings is 1. The van der Waals surface area contributed by atoms with E-state index in [1.54, 1.807) is 55.0 Å². The van der Waals surface area contributed by atoms with E-state index in [0.29, 0.717) is 16.3 Å². The second-order valence-corrected chi connectivity index (χ2v) is 5.89. The van der Waals surface area contributed by atoms with Gasteiger partial charge in [0.15, 0.2) is 0 Å². The number of esters is 1. The van der Waals surface area contributed by atoms with Crippen molar-refractivity contribution in [3.8, 4) is 5.75 Å². The molecular formula is C20H15ClN2O2. The number of carbonyl (C=O) groups excluding carboxylic acids is 1. The van der Waals surface area contributed by atoms with E-state index in [-0.39, 0.29) is 0 Å². The highest BCUT2D eigenvalue weighted by Gasteiger charge is 2.09. The van der Waals surface area contributed by atoms with Crippen LogP contribution >= 0.6 is 11.6 Å². The molecule has 0 atom stereocenters. The molecule has 0 aliphatic heterocycles. The SMILES string of the molecule is Cc1cccc(C(=O)Oc2cc(Cl)cc(C=Nc3cccnc3)c2)c1. The molecule has 0 saturated carbocycles. The van der Waals surface area contributed by atoms with E-state index in [1.807, 2.05) is 25.1 Å². The van der Waals surface area contributed by atoms with Crippen LogP contribution in [0, 0.1) is 6.92 Å². The van der Waals surface area contributed by atoms with Crippen LogP contribution < -0.4 is 4.74 Å². The molecule has 0 radical (unpaired) electrons. The van der Waals surface area contributed by atoms with Gasteiger partial charge in [-0.05, 0) is 55.0 Å². The summed E-state index contributed by atoms with van der Waals surface area (Å²) < 4.78 is 5.43. The van der Waals surface area contributed by atoms with Gasteiger partial charge >= 0.3 is 5.97 Å². The van der Waals surface area contributed by atoms with Crippen LogP contribution in [0.3, 0.4) is 0 Å². The molecule has 0 N–H and O–H groups in total. The summed E-state index contributed by atoms with van der Waals surface area (Å²) in [4.78, 5) is 20.6. The molecule has 3 aromatic rings. The third kappa shape index (κ3) is 4.75. The molecule has 4 nitrogen and oxygen atoms in total. The maximum absolute atomic E-state index is 12.3. The molecule has 1 aromatic heterocycles. The minimum Gasteiger partial charge on any atom is -0.423 e. The van der Waals surface area contributed by atoms with Gasteiger partial charge in [-0.2, -0.15) is 0 Å². The minimum absolute atomic E-state index is 0.367. The van der Waals surface area contributed by atoms with E-state index in [4.69, 9.17) is 16.3 Å². The molecule has 1 heterocycles. The van der Waals surface area contributed by atoms with Crippen LogP contribution in [0.4, 0.5) is 5.69 Å². The molecule has 3 rings (SSSR count). The Kier molecular flexibility index (Phi) is 5.21. The average molecular weight is 351 g/mol. The molecule has 2 aromatic carbocycles. The lowest BCUT2D eigenvalue weighted by atomic mass is 10.1. The fourth-order valence-electron chi connectivity index (χ4n) is 2.24. The Hall–Kier alpha value is -2.98. The Labute approximate surface area is 150 Å². The standard InChI is InChI=1S/C20H15ClN2O2/c1-14-4-2-5-16(8-14)20(24)25-19-10-15(9-17(21)11-19)12-23-18-6-3-7-22-13-18/h2-13H,1H3. The summed E-state index contributed by atoms with van der Waals surface area (Å²) >= 11 is 6.12. The summed E-state index contributed by atoms with van der Waals surface area (Å²) in [6.07, 6.45) is 4.98. The van der Waals surface area contributed by atoms with Crippen LogP contribution in [0.15, 0.2) is 72.0 Å². The van der Waals surface area contributed by atoms with Gasteiger partial charge in [0.1, 0.15) is 5.75 Å². The number of halogens is 1. The van der Waals surface area contributed by atoms with Crippen LogP contribution in [0.5, 0.6) is 5.75 Å². The summed E-state index contributed by atoms with van der Waals surface area (Å²) in [7, 11) is 0. The summed E-state index contributed by atoms with van der Waals surface area (Å²) in [5.41, 5.74) is 2.93. The highest BCUT2D eigenvalue weighted by molar-refractivity contribution is 6.31. The maximum Gasteiger partial charge on any atom is 0.343 e. The largest absolute Gasteiger partial charge is 0.423 e. The first-order valence-corrected chi connectivity index (χ1v) is 8.01. The minimum atomic E-state index is -0.430. The highest BCUT2D eigenvalue weighted by Crippen LogP contribution is 2.22. The van der Waals surface area contributed by atoms with Crippen LogP contribution in [0.1, 0.15) is 21.5 Å². The summed E-state index contributed by atoms with van der Waals surface area (Å²) in [6, 6.07) is 15.9. The van der Waals surface area contributed by atoms with Gasteiger partial charge in [0, 0.05) is 17.4 Å². The highest BCUT2D eigenvalue weighted by atomic mass is 35.5. The van der Waals surface area contributed by atoms with Gasteiger partial charge in [-0.1, -0.05) is 29.3 Å². The van der Waals surface area contributed by atoms with E-state index in [0.717, 1.165) is 16.8 Å². The number of ether oxygens (including phenoxy) is 1. The quantitative estimate of drug-likeness (QED) is 0.377. The lowest BCUT2D eigenvalue weighted by Gasteiger charge is -2.06. The zero-order valence-corrected chi connectivity index (χ0v) is 14.3. The number of hydrogen-bond acceptors (Lipinski definition) is 4. The van der Waals surface area contributed by atoms with Crippen molar-refractivity contribution in [2.45, 2.75) is 6.92 Å². The van der Waals surface area contributed by atoms with Crippen molar-refractivity contribution in [1.82, 2.24) is 4.98 Å².